The Morgan fingerprint density at radius 3 is 2.36 bits per heavy atom. The van der Waals surface area contributed by atoms with Gasteiger partial charge in [0.05, 0.1) is 11.0 Å². The van der Waals surface area contributed by atoms with Crippen LogP contribution in [0.2, 0.25) is 5.02 Å². The number of aryl methyl sites for hydroxylation is 1. The van der Waals surface area contributed by atoms with E-state index in [9.17, 15) is 0 Å². The monoisotopic (exact) mass is 394 g/mol. The number of unbranched alkanes of at least 4 members (excludes halogenated alkanes) is 1. The first-order chi connectivity index (χ1) is 13.8. The van der Waals surface area contributed by atoms with Crippen molar-refractivity contribution in [1.82, 2.24) is 19.5 Å². The van der Waals surface area contributed by atoms with Crippen molar-refractivity contribution in [3.05, 3.63) is 53.6 Å². The molecule has 4 aromatic rings. The summed E-state index contributed by atoms with van der Waals surface area (Å²) in [5, 5.41) is 0.706. The van der Waals surface area contributed by atoms with Crippen LogP contribution in [0.25, 0.3) is 33.7 Å². The lowest BCUT2D eigenvalue weighted by Gasteiger charge is -2.09. The van der Waals surface area contributed by atoms with Crippen LogP contribution in [0.1, 0.15) is 26.2 Å². The van der Waals surface area contributed by atoms with E-state index in [1.165, 1.54) is 0 Å². The van der Waals surface area contributed by atoms with E-state index < -0.39 is 0 Å². The summed E-state index contributed by atoms with van der Waals surface area (Å²) in [6.07, 6.45) is 3.14. The molecule has 28 heavy (non-hydrogen) atoms. The van der Waals surface area contributed by atoms with Gasteiger partial charge in [0, 0.05) is 30.3 Å². The molecule has 0 saturated heterocycles. The molecule has 0 atom stereocenters. The van der Waals surface area contributed by atoms with Gasteiger partial charge in [-0.15, -0.1) is 0 Å². The summed E-state index contributed by atoms with van der Waals surface area (Å²) < 4.78 is 7.87. The zero-order chi connectivity index (χ0) is 19.3. The van der Waals surface area contributed by atoms with Crippen molar-refractivity contribution in [2.45, 2.75) is 32.7 Å². The first kappa shape index (κ1) is 18.8. The van der Waals surface area contributed by atoms with Crippen LogP contribution in [0.3, 0.4) is 0 Å². The average Bonchev–Trinajstić information content (AvgIpc) is 3.07. The van der Waals surface area contributed by atoms with Crippen LogP contribution < -0.4 is 0 Å². The Morgan fingerprint density at radius 2 is 1.61 bits per heavy atom. The summed E-state index contributed by atoms with van der Waals surface area (Å²) in [6, 6.07) is 15.6. The minimum Gasteiger partial charge on any atom is -0.381 e. The van der Waals surface area contributed by atoms with Crippen LogP contribution in [-0.2, 0) is 11.3 Å². The lowest BCUT2D eigenvalue weighted by atomic mass is 10.2. The van der Waals surface area contributed by atoms with E-state index in [2.05, 4.69) is 11.5 Å². The van der Waals surface area contributed by atoms with Gasteiger partial charge >= 0.3 is 0 Å². The van der Waals surface area contributed by atoms with Crippen LogP contribution in [0, 0.1) is 0 Å². The van der Waals surface area contributed by atoms with Crippen molar-refractivity contribution < 1.29 is 4.74 Å². The molecule has 0 bridgehead atoms. The fraction of sp³-hybridized carbons (Fsp3) is 0.318. The summed E-state index contributed by atoms with van der Waals surface area (Å²) in [5.41, 5.74) is 4.19. The molecule has 4 rings (SSSR count). The highest BCUT2D eigenvalue weighted by atomic mass is 35.5. The SMILES string of the molecule is CCCCOCCCn1c(-c2ccc(Cl)cc2)nc2nc3ccccc3nc21. The third kappa shape index (κ3) is 4.01. The van der Waals surface area contributed by atoms with Crippen LogP contribution in [-0.4, -0.2) is 32.7 Å². The summed E-state index contributed by atoms with van der Waals surface area (Å²) in [7, 11) is 0. The number of hydrogen-bond acceptors (Lipinski definition) is 4. The number of nitrogens with zero attached hydrogens (tertiary/aromatic N) is 4. The average molecular weight is 395 g/mol. The number of ether oxygens (including phenoxy) is 1. The molecule has 0 N–H and O–H groups in total. The molecule has 2 aromatic carbocycles. The molecule has 0 aliphatic rings. The molecule has 2 heterocycles. The van der Waals surface area contributed by atoms with Crippen molar-refractivity contribution >= 4 is 33.9 Å². The predicted octanol–water partition coefficient (Wildman–Crippen LogP) is 5.51. The highest BCUT2D eigenvalue weighted by Gasteiger charge is 2.16. The van der Waals surface area contributed by atoms with Crippen LogP contribution in [0.4, 0.5) is 0 Å². The second kappa shape index (κ2) is 8.67. The van der Waals surface area contributed by atoms with Crippen molar-refractivity contribution in [2.24, 2.45) is 0 Å². The molecule has 0 radical (unpaired) electrons. The van der Waals surface area contributed by atoms with E-state index in [4.69, 9.17) is 31.3 Å². The number of rotatable bonds is 8. The highest BCUT2D eigenvalue weighted by Crippen LogP contribution is 2.26. The number of benzene rings is 2. The van der Waals surface area contributed by atoms with Gasteiger partial charge in [0.2, 0.25) is 0 Å². The predicted molar refractivity (Wildman–Crippen MR) is 114 cm³/mol. The summed E-state index contributed by atoms with van der Waals surface area (Å²) in [6.45, 7) is 4.48. The number of imidazole rings is 1. The van der Waals surface area contributed by atoms with E-state index in [-0.39, 0.29) is 0 Å². The van der Waals surface area contributed by atoms with Crippen LogP contribution in [0.5, 0.6) is 0 Å². The Balaban J connectivity index is 1.70. The van der Waals surface area contributed by atoms with Crippen molar-refractivity contribution in [3.63, 3.8) is 0 Å². The molecule has 6 heteroatoms. The Bertz CT molecular complexity index is 1080. The van der Waals surface area contributed by atoms with E-state index in [0.29, 0.717) is 10.7 Å². The number of fused-ring (bicyclic) bond motifs is 2. The normalized spacial score (nSPS) is 11.5. The van der Waals surface area contributed by atoms with Gasteiger partial charge in [-0.25, -0.2) is 15.0 Å². The van der Waals surface area contributed by atoms with Gasteiger partial charge in [0.1, 0.15) is 5.82 Å². The second-order valence-electron chi connectivity index (χ2n) is 6.77. The standard InChI is InChI=1S/C22H23ClN4O/c1-2-3-14-28-15-6-13-27-21(16-9-11-17(23)12-10-16)26-20-22(27)25-19-8-5-4-7-18(19)24-20/h4-5,7-12H,2-3,6,13-15H2,1H3. The summed E-state index contributed by atoms with van der Waals surface area (Å²) in [5.74, 6) is 0.857. The quantitative estimate of drug-likeness (QED) is 0.370. The molecule has 0 saturated carbocycles. The molecule has 0 fully saturated rings. The number of halogens is 1. The third-order valence-electron chi connectivity index (χ3n) is 4.67. The van der Waals surface area contributed by atoms with Gasteiger partial charge in [-0.1, -0.05) is 37.1 Å². The van der Waals surface area contributed by atoms with E-state index in [1.54, 1.807) is 0 Å². The molecule has 0 spiro atoms. The molecule has 0 amide bonds. The molecule has 0 aliphatic heterocycles. The third-order valence-corrected chi connectivity index (χ3v) is 4.92. The Morgan fingerprint density at radius 1 is 0.893 bits per heavy atom. The lowest BCUT2D eigenvalue weighted by molar-refractivity contribution is 0.126. The Labute approximate surface area is 169 Å². The maximum absolute atomic E-state index is 6.06. The van der Waals surface area contributed by atoms with Gasteiger partial charge in [-0.05, 0) is 49.2 Å². The fourth-order valence-corrected chi connectivity index (χ4v) is 3.33. The smallest absolute Gasteiger partial charge is 0.198 e. The summed E-state index contributed by atoms with van der Waals surface area (Å²) in [4.78, 5) is 14.4. The number of para-hydroxylation sites is 2. The fourth-order valence-electron chi connectivity index (χ4n) is 3.20. The zero-order valence-electron chi connectivity index (χ0n) is 15.9. The van der Waals surface area contributed by atoms with E-state index in [1.807, 2.05) is 48.5 Å². The maximum atomic E-state index is 6.06. The van der Waals surface area contributed by atoms with Gasteiger partial charge in [0.25, 0.3) is 0 Å². The lowest BCUT2D eigenvalue weighted by Crippen LogP contribution is -2.06. The molecule has 0 aliphatic carbocycles. The molecule has 144 valence electrons. The van der Waals surface area contributed by atoms with Crippen molar-refractivity contribution in [2.75, 3.05) is 13.2 Å². The van der Waals surface area contributed by atoms with Gasteiger partial charge < -0.3 is 9.30 Å². The maximum Gasteiger partial charge on any atom is 0.198 e. The topological polar surface area (TPSA) is 52.8 Å². The van der Waals surface area contributed by atoms with Crippen LogP contribution >= 0.6 is 11.6 Å². The van der Waals surface area contributed by atoms with E-state index in [0.717, 1.165) is 67.1 Å². The molecular weight excluding hydrogens is 372 g/mol. The number of aromatic nitrogens is 4. The molecule has 0 unspecified atom stereocenters. The molecule has 2 aromatic heterocycles. The van der Waals surface area contributed by atoms with Crippen molar-refractivity contribution in [3.8, 4) is 11.4 Å². The largest absolute Gasteiger partial charge is 0.381 e. The van der Waals surface area contributed by atoms with Gasteiger partial charge in [-0.3, -0.25) is 0 Å². The molecule has 5 nitrogen and oxygen atoms in total. The van der Waals surface area contributed by atoms with Crippen molar-refractivity contribution in [1.29, 1.82) is 0 Å². The second-order valence-corrected chi connectivity index (χ2v) is 7.21. The van der Waals surface area contributed by atoms with Gasteiger partial charge in [0.15, 0.2) is 11.3 Å². The summed E-state index contributed by atoms with van der Waals surface area (Å²) >= 11 is 6.06. The Hall–Kier alpha value is -2.50. The minimum absolute atomic E-state index is 0.663. The highest BCUT2D eigenvalue weighted by molar-refractivity contribution is 6.30. The first-order valence-corrected chi connectivity index (χ1v) is 10.1. The zero-order valence-corrected chi connectivity index (χ0v) is 16.7. The molecular formula is C22H23ClN4O. The minimum atomic E-state index is 0.663. The number of hydrogen-bond donors (Lipinski definition) is 0. The van der Waals surface area contributed by atoms with Crippen LogP contribution in [0.15, 0.2) is 48.5 Å². The van der Waals surface area contributed by atoms with E-state index >= 15 is 0 Å². The van der Waals surface area contributed by atoms with Gasteiger partial charge in [-0.2, -0.15) is 0 Å². The Kier molecular flexibility index (Phi) is 5.84. The first-order valence-electron chi connectivity index (χ1n) is 9.73.